The fraction of sp³-hybridized carbons (Fsp3) is 0.500. The molecule has 0 bridgehead atoms. The van der Waals surface area contributed by atoms with Gasteiger partial charge in [0, 0.05) is 0 Å². The summed E-state index contributed by atoms with van der Waals surface area (Å²) in [6.07, 6.45) is 0. The molecule has 2 nitrogen and oxygen atoms in total. The first-order valence-corrected chi connectivity index (χ1v) is 15.2. The number of hydrogen-bond donors (Lipinski definition) is 0. The molecule has 0 spiro atoms. The number of benzene rings is 2. The molecule has 0 saturated carbocycles. The van der Waals surface area contributed by atoms with E-state index in [4.69, 9.17) is 22.5 Å². The third-order valence-electron chi connectivity index (χ3n) is 5.71. The van der Waals surface area contributed by atoms with Crippen LogP contribution >= 0.6 is 37.6 Å². The highest BCUT2D eigenvalue weighted by Crippen LogP contribution is 2.84. The average Bonchev–Trinajstić information content (AvgIpc) is 2.67. The topological polar surface area (TPSA) is 6.48 Å². The number of para-hydroxylation sites is 2. The molecule has 1 fully saturated rings. The Labute approximate surface area is 195 Å². The molecule has 6 heteroatoms. The van der Waals surface area contributed by atoms with E-state index in [1.807, 2.05) is 0 Å². The molecule has 2 aromatic rings. The van der Waals surface area contributed by atoms with Gasteiger partial charge in [-0.3, -0.25) is 8.88 Å². The summed E-state index contributed by atoms with van der Waals surface area (Å²) in [6, 6.07) is 13.3. The van der Waals surface area contributed by atoms with Crippen molar-refractivity contribution in [1.82, 2.24) is 0 Å². The monoisotopic (exact) mass is 482 g/mol. The lowest BCUT2D eigenvalue weighted by molar-refractivity contribution is 0.833. The Bertz CT molecular complexity index is 765. The number of rotatable bonds is 6. The van der Waals surface area contributed by atoms with E-state index < -0.39 is 15.2 Å². The van der Waals surface area contributed by atoms with Gasteiger partial charge < -0.3 is 0 Å². The summed E-state index contributed by atoms with van der Waals surface area (Å²) >= 11 is 14.4. The Morgan fingerprint density at radius 1 is 0.533 bits per heavy atom. The molecule has 1 aliphatic heterocycles. The molecule has 0 aromatic heterocycles. The molecule has 3 rings (SSSR count). The van der Waals surface area contributed by atoms with Crippen LogP contribution in [0.5, 0.6) is 0 Å². The van der Waals surface area contributed by atoms with E-state index in [0.29, 0.717) is 23.7 Å². The zero-order chi connectivity index (χ0) is 22.3. The van der Waals surface area contributed by atoms with E-state index in [9.17, 15) is 0 Å². The minimum Gasteiger partial charge on any atom is -0.268 e. The Morgan fingerprint density at radius 2 is 0.767 bits per heavy atom. The van der Waals surface area contributed by atoms with Crippen LogP contribution in [0.15, 0.2) is 36.4 Å². The summed E-state index contributed by atoms with van der Waals surface area (Å²) in [4.78, 5) is 0. The molecule has 164 valence electrons. The molecular weight excluding hydrogens is 449 g/mol. The van der Waals surface area contributed by atoms with Crippen LogP contribution in [0.4, 0.5) is 11.4 Å². The van der Waals surface area contributed by atoms with E-state index in [2.05, 4.69) is 101 Å². The predicted molar refractivity (Wildman–Crippen MR) is 140 cm³/mol. The van der Waals surface area contributed by atoms with Crippen molar-refractivity contribution in [1.29, 1.82) is 0 Å². The van der Waals surface area contributed by atoms with Crippen LogP contribution in [0, 0.1) is 0 Å². The maximum Gasteiger partial charge on any atom is 0.209 e. The minimum absolute atomic E-state index is 0.419. The van der Waals surface area contributed by atoms with Gasteiger partial charge in [0.15, 0.2) is 0 Å². The van der Waals surface area contributed by atoms with Crippen LogP contribution < -0.4 is 8.88 Å². The Hall–Kier alpha value is -0.520. The van der Waals surface area contributed by atoms with Crippen LogP contribution in [0.2, 0.25) is 0 Å². The van der Waals surface area contributed by atoms with Gasteiger partial charge in [-0.05, 0) is 68.4 Å². The van der Waals surface area contributed by atoms with Gasteiger partial charge in [0.25, 0.3) is 0 Å². The molecule has 2 aromatic carbocycles. The van der Waals surface area contributed by atoms with Gasteiger partial charge in [-0.2, -0.15) is 0 Å². The first kappa shape index (κ1) is 24.1. The Balaban J connectivity index is 2.11. The minimum atomic E-state index is -1.06. The fourth-order valence-corrected chi connectivity index (χ4v) is 11.2. The molecule has 0 atom stereocenters. The van der Waals surface area contributed by atoms with Crippen molar-refractivity contribution in [3.05, 3.63) is 58.7 Å². The molecule has 0 aliphatic carbocycles. The zero-order valence-corrected chi connectivity index (χ0v) is 22.6. The van der Waals surface area contributed by atoms with Crippen LogP contribution in [-0.4, -0.2) is 0 Å². The zero-order valence-electron chi connectivity index (χ0n) is 19.3. The highest BCUT2D eigenvalue weighted by molar-refractivity contribution is 8.15. The smallest absolute Gasteiger partial charge is 0.209 e. The lowest BCUT2D eigenvalue weighted by Crippen LogP contribution is -2.35. The van der Waals surface area contributed by atoms with E-state index in [0.717, 1.165) is 0 Å². The quantitative estimate of drug-likeness (QED) is 0.377. The molecule has 1 aliphatic rings. The van der Waals surface area contributed by atoms with Gasteiger partial charge >= 0.3 is 0 Å². The van der Waals surface area contributed by atoms with Gasteiger partial charge in [-0.15, -0.1) is 0 Å². The van der Waals surface area contributed by atoms with Crippen molar-refractivity contribution in [2.45, 2.75) is 79.1 Å². The molecule has 0 N–H and O–H groups in total. The number of anilines is 2. The standard InChI is InChI=1S/C24H34Cl2N2P2/c1-15(2)19-11-9-12-20(16(3)4)23(19)27-29(25)28(30(27)26)24-21(17(5)6)13-10-14-22(24)18(7)8/h9-18H,1-8H3. The molecule has 0 amide bonds. The van der Waals surface area contributed by atoms with E-state index in [1.165, 1.54) is 33.6 Å². The Morgan fingerprint density at radius 3 is 0.967 bits per heavy atom. The molecule has 30 heavy (non-hydrogen) atoms. The molecule has 0 unspecified atom stereocenters. The fourth-order valence-electron chi connectivity index (χ4n) is 4.07. The maximum atomic E-state index is 7.20. The van der Waals surface area contributed by atoms with Crippen molar-refractivity contribution in [2.75, 3.05) is 8.88 Å². The summed E-state index contributed by atoms with van der Waals surface area (Å²) in [7, 11) is -2.13. The van der Waals surface area contributed by atoms with Crippen molar-refractivity contribution in [2.24, 2.45) is 0 Å². The maximum absolute atomic E-state index is 7.20. The second kappa shape index (κ2) is 9.54. The van der Waals surface area contributed by atoms with Crippen molar-refractivity contribution in [3.63, 3.8) is 0 Å². The first-order chi connectivity index (χ1) is 14.1. The SMILES string of the molecule is CC(C)c1cccc(C(C)C)c1N1P(Cl)N(c2c(C(C)C)cccc2C(C)C)P1Cl. The van der Waals surface area contributed by atoms with Crippen molar-refractivity contribution < 1.29 is 0 Å². The molecule has 1 heterocycles. The Kier molecular flexibility index (Phi) is 7.67. The lowest BCUT2D eigenvalue weighted by Gasteiger charge is -2.54. The molecule has 1 saturated heterocycles. The lowest BCUT2D eigenvalue weighted by atomic mass is 9.93. The normalized spacial score (nSPS) is 19.4. The summed E-state index contributed by atoms with van der Waals surface area (Å²) < 4.78 is 4.64. The van der Waals surface area contributed by atoms with Gasteiger partial charge in [0.2, 0.25) is 15.2 Å². The van der Waals surface area contributed by atoms with E-state index in [1.54, 1.807) is 0 Å². The molecule has 0 radical (unpaired) electrons. The number of nitrogens with zero attached hydrogens (tertiary/aromatic N) is 2. The number of hydrogen-bond acceptors (Lipinski definition) is 2. The second-order valence-corrected chi connectivity index (χ2v) is 14.3. The van der Waals surface area contributed by atoms with Gasteiger partial charge in [0.05, 0.1) is 11.4 Å². The predicted octanol–water partition coefficient (Wildman–Crippen LogP) is 10.4. The average molecular weight is 483 g/mol. The third kappa shape index (κ3) is 4.23. The van der Waals surface area contributed by atoms with Gasteiger partial charge in [-0.1, -0.05) is 91.8 Å². The van der Waals surface area contributed by atoms with E-state index in [-0.39, 0.29) is 0 Å². The van der Waals surface area contributed by atoms with Crippen LogP contribution in [0.3, 0.4) is 0 Å². The van der Waals surface area contributed by atoms with Crippen LogP contribution in [-0.2, 0) is 0 Å². The highest BCUT2D eigenvalue weighted by atomic mass is 35.7. The number of halogens is 2. The molecular formula is C24H34Cl2N2P2. The summed E-state index contributed by atoms with van der Waals surface area (Å²) in [5.74, 6) is 1.67. The second-order valence-electron chi connectivity index (χ2n) is 9.25. The van der Waals surface area contributed by atoms with E-state index >= 15 is 0 Å². The summed E-state index contributed by atoms with van der Waals surface area (Å²) in [5.41, 5.74) is 7.86. The van der Waals surface area contributed by atoms with Crippen LogP contribution in [0.25, 0.3) is 0 Å². The van der Waals surface area contributed by atoms with Crippen molar-refractivity contribution in [3.8, 4) is 0 Å². The first-order valence-electron chi connectivity index (χ1n) is 10.8. The largest absolute Gasteiger partial charge is 0.268 e. The third-order valence-corrected chi connectivity index (χ3v) is 12.9. The van der Waals surface area contributed by atoms with Gasteiger partial charge in [-0.25, -0.2) is 0 Å². The van der Waals surface area contributed by atoms with Gasteiger partial charge in [0.1, 0.15) is 0 Å². The summed E-state index contributed by atoms with van der Waals surface area (Å²) in [5, 5.41) is 0. The van der Waals surface area contributed by atoms with Crippen molar-refractivity contribution >= 4 is 49.0 Å². The highest BCUT2D eigenvalue weighted by Gasteiger charge is 2.50. The summed E-state index contributed by atoms with van der Waals surface area (Å²) in [6.45, 7) is 18.0. The van der Waals surface area contributed by atoms with Crippen LogP contribution in [0.1, 0.15) is 101 Å².